The van der Waals surface area contributed by atoms with Crippen LogP contribution in [0.3, 0.4) is 0 Å². The van der Waals surface area contributed by atoms with Gasteiger partial charge < -0.3 is 4.42 Å². The molecule has 3 heterocycles. The average Bonchev–Trinajstić information content (AvgIpc) is 3.94. The number of rotatable bonds is 5. The van der Waals surface area contributed by atoms with Crippen molar-refractivity contribution < 1.29 is 4.42 Å². The Morgan fingerprint density at radius 3 is 2.03 bits per heavy atom. The minimum atomic E-state index is -0.140. The number of thiophene rings is 1. The summed E-state index contributed by atoms with van der Waals surface area (Å²) in [4.78, 5) is 15.7. The van der Waals surface area contributed by atoms with Crippen molar-refractivity contribution in [3.8, 4) is 56.2 Å². The Labute approximate surface area is 345 Å². The van der Waals surface area contributed by atoms with Gasteiger partial charge in [0.15, 0.2) is 17.5 Å². The maximum absolute atomic E-state index is 6.64. The molecule has 0 aliphatic heterocycles. The summed E-state index contributed by atoms with van der Waals surface area (Å²) in [5, 5.41) is 4.71. The van der Waals surface area contributed by atoms with Gasteiger partial charge in [-0.25, -0.2) is 15.0 Å². The van der Waals surface area contributed by atoms with Gasteiger partial charge >= 0.3 is 0 Å². The lowest BCUT2D eigenvalue weighted by molar-refractivity contribution is 0.571. The van der Waals surface area contributed by atoms with Gasteiger partial charge in [0.25, 0.3) is 0 Å². The third-order valence-electron chi connectivity index (χ3n) is 12.4. The summed E-state index contributed by atoms with van der Waals surface area (Å²) < 4.78 is 9.23. The molecule has 3 aromatic heterocycles. The van der Waals surface area contributed by atoms with Crippen molar-refractivity contribution in [2.24, 2.45) is 0 Å². The van der Waals surface area contributed by atoms with Crippen LogP contribution in [0.5, 0.6) is 0 Å². The van der Waals surface area contributed by atoms with Crippen LogP contribution in [-0.4, -0.2) is 15.0 Å². The molecule has 59 heavy (non-hydrogen) atoms. The summed E-state index contributed by atoms with van der Waals surface area (Å²) in [7, 11) is 0. The van der Waals surface area contributed by atoms with Crippen LogP contribution in [-0.2, 0) is 5.41 Å². The van der Waals surface area contributed by atoms with E-state index in [0.29, 0.717) is 17.5 Å². The molecule has 7 aromatic carbocycles. The van der Waals surface area contributed by atoms with E-state index in [9.17, 15) is 0 Å². The first-order valence-electron chi connectivity index (χ1n) is 20.3. The van der Waals surface area contributed by atoms with E-state index in [4.69, 9.17) is 19.4 Å². The van der Waals surface area contributed by atoms with Crippen LogP contribution < -0.4 is 10.6 Å². The lowest BCUT2D eigenvalue weighted by atomic mass is 9.82. The van der Waals surface area contributed by atoms with Crippen molar-refractivity contribution >= 4 is 54.1 Å². The molecule has 0 N–H and O–H groups in total. The number of furan rings is 1. The highest BCUT2D eigenvalue weighted by Crippen LogP contribution is 2.49. The number of nitrogens with zero attached hydrogens (tertiary/aromatic N) is 3. The number of hydrogen-bond donors (Lipinski definition) is 0. The average molecular weight is 776 g/mol. The van der Waals surface area contributed by atoms with E-state index in [1.807, 2.05) is 29.5 Å². The molecule has 10 aromatic rings. The zero-order valence-electron chi connectivity index (χ0n) is 32.7. The topological polar surface area (TPSA) is 51.8 Å². The highest BCUT2D eigenvalue weighted by Gasteiger charge is 2.35. The summed E-state index contributed by atoms with van der Waals surface area (Å²) in [5.41, 5.74) is 14.7. The fourth-order valence-corrected chi connectivity index (χ4v) is 10.8. The Morgan fingerprint density at radius 1 is 0.525 bits per heavy atom. The first-order chi connectivity index (χ1) is 29.0. The molecule has 0 fully saturated rings. The van der Waals surface area contributed by atoms with Gasteiger partial charge in [0.1, 0.15) is 11.0 Å². The summed E-state index contributed by atoms with van der Waals surface area (Å²) in [6, 6.07) is 56.5. The van der Waals surface area contributed by atoms with Crippen molar-refractivity contribution in [2.45, 2.75) is 32.1 Å². The third kappa shape index (κ3) is 5.31. The van der Waals surface area contributed by atoms with E-state index in [2.05, 4.69) is 159 Å². The molecule has 0 bridgehead atoms. The van der Waals surface area contributed by atoms with E-state index in [1.165, 1.54) is 59.1 Å². The van der Waals surface area contributed by atoms with Crippen LogP contribution in [0.15, 0.2) is 162 Å². The molecule has 0 radical (unpaired) electrons. The molecule has 0 spiro atoms. The predicted molar refractivity (Wildman–Crippen MR) is 244 cm³/mol. The molecule has 4 nitrogen and oxygen atoms in total. The van der Waals surface area contributed by atoms with Crippen LogP contribution in [0.2, 0.25) is 0 Å². The minimum Gasteiger partial charge on any atom is -0.456 e. The number of aromatic nitrogens is 3. The Balaban J connectivity index is 1.07. The zero-order chi connectivity index (χ0) is 39.2. The lowest BCUT2D eigenvalue weighted by Crippen LogP contribution is -2.27. The van der Waals surface area contributed by atoms with Gasteiger partial charge in [0, 0.05) is 52.9 Å². The third-order valence-corrected chi connectivity index (χ3v) is 13.6. The molecule has 2 aliphatic carbocycles. The smallest absolute Gasteiger partial charge is 0.164 e. The molecule has 0 amide bonds. The molecule has 280 valence electrons. The van der Waals surface area contributed by atoms with Gasteiger partial charge in [-0.05, 0) is 87.7 Å². The van der Waals surface area contributed by atoms with Crippen LogP contribution in [0.4, 0.5) is 0 Å². The van der Waals surface area contributed by atoms with E-state index in [-0.39, 0.29) is 5.41 Å². The van der Waals surface area contributed by atoms with Gasteiger partial charge in [0.2, 0.25) is 0 Å². The normalized spacial score (nSPS) is 14.0. The first kappa shape index (κ1) is 34.1. The maximum atomic E-state index is 6.64. The summed E-state index contributed by atoms with van der Waals surface area (Å²) in [6.07, 6.45) is 3.85. The highest BCUT2D eigenvalue weighted by molar-refractivity contribution is 7.26. The summed E-state index contributed by atoms with van der Waals surface area (Å²) in [6.45, 7) is 4.63. The van der Waals surface area contributed by atoms with Crippen molar-refractivity contribution in [3.63, 3.8) is 0 Å². The fraction of sp³-hybridized carbons (Fsp3) is 0.0926. The van der Waals surface area contributed by atoms with Crippen LogP contribution in [0, 0.1) is 0 Å². The molecule has 0 saturated heterocycles. The van der Waals surface area contributed by atoms with Crippen molar-refractivity contribution in [1.82, 2.24) is 15.0 Å². The summed E-state index contributed by atoms with van der Waals surface area (Å²) >= 11 is 1.87. The fourth-order valence-electron chi connectivity index (χ4n) is 9.55. The molecule has 0 atom stereocenters. The van der Waals surface area contributed by atoms with Crippen molar-refractivity contribution in [2.75, 3.05) is 0 Å². The Hall–Kier alpha value is -6.95. The quantitative estimate of drug-likeness (QED) is 0.175. The Kier molecular flexibility index (Phi) is 7.54. The van der Waals surface area contributed by atoms with Gasteiger partial charge in [-0.1, -0.05) is 147 Å². The van der Waals surface area contributed by atoms with Gasteiger partial charge in [-0.2, -0.15) is 0 Å². The first-order valence-corrected chi connectivity index (χ1v) is 21.1. The second-order valence-electron chi connectivity index (χ2n) is 16.2. The maximum Gasteiger partial charge on any atom is 0.164 e. The van der Waals surface area contributed by atoms with Crippen molar-refractivity contribution in [3.05, 3.63) is 185 Å². The van der Waals surface area contributed by atoms with Gasteiger partial charge in [-0.3, -0.25) is 0 Å². The van der Waals surface area contributed by atoms with Crippen LogP contribution in [0.1, 0.15) is 43.6 Å². The standard InChI is InChI=1S/C54H37N3OS/c1-54(2)43-21-11-9-18-38(43)39-26-24-35(31-44(39)54)52-55-51(33-16-7-4-8-17-33)56-53(57-52)41-20-13-22-46-48(41)42-30-34(25-29-45(42)58-46)36-27-28-37(32-14-5-3-6-15-32)50-49(36)40-19-10-12-23-47(40)59-50/h3-12,14-19,21-31H,13,20H2,1-2H3. The van der Waals surface area contributed by atoms with Crippen LogP contribution in [0.25, 0.3) is 98.9 Å². The lowest BCUT2D eigenvalue weighted by Gasteiger charge is -2.21. The molecule has 0 saturated carbocycles. The second-order valence-corrected chi connectivity index (χ2v) is 17.3. The molecular weight excluding hydrogens is 739 g/mol. The van der Waals surface area contributed by atoms with Crippen molar-refractivity contribution in [1.29, 1.82) is 0 Å². The van der Waals surface area contributed by atoms with E-state index >= 15 is 0 Å². The molecule has 2 aliphatic rings. The predicted octanol–water partition coefficient (Wildman–Crippen LogP) is 12.7. The Morgan fingerprint density at radius 2 is 1.19 bits per heavy atom. The highest BCUT2D eigenvalue weighted by atomic mass is 32.1. The molecule has 0 unspecified atom stereocenters. The van der Waals surface area contributed by atoms with Gasteiger partial charge in [0.05, 0.1) is 0 Å². The van der Waals surface area contributed by atoms with E-state index in [1.54, 1.807) is 0 Å². The monoisotopic (exact) mass is 775 g/mol. The molecule has 12 rings (SSSR count). The Bertz CT molecular complexity index is 3470. The second kappa shape index (κ2) is 13.0. The van der Waals surface area contributed by atoms with Gasteiger partial charge in [-0.15, -0.1) is 11.3 Å². The number of benzene rings is 7. The minimum absolute atomic E-state index is 0.140. The van der Waals surface area contributed by atoms with E-state index in [0.717, 1.165) is 56.7 Å². The summed E-state index contributed by atoms with van der Waals surface area (Å²) in [5.74, 6) is 2.03. The number of hydrogen-bond acceptors (Lipinski definition) is 5. The zero-order valence-corrected chi connectivity index (χ0v) is 33.5. The largest absolute Gasteiger partial charge is 0.456 e. The SMILES string of the molecule is CC1(C)c2ccccc2-c2ccc(-c3nc(C4=c5c(oc6ccc(-c7ccc(-c8ccccc8)c8sc9ccccc9c78)cc56)=CCC4)nc(-c4ccccc4)n3)cc21. The number of fused-ring (bicyclic) bond motifs is 9. The molecule has 5 heteroatoms. The van der Waals surface area contributed by atoms with Crippen LogP contribution >= 0.6 is 11.3 Å². The molecular formula is C54H37N3OS. The van der Waals surface area contributed by atoms with E-state index < -0.39 is 0 Å².